The molecule has 1 aromatic carbocycles. The largest absolute Gasteiger partial charge is 0.507 e. The topological polar surface area (TPSA) is 52.8 Å². The molecule has 0 saturated heterocycles. The van der Waals surface area contributed by atoms with Crippen molar-refractivity contribution in [3.05, 3.63) is 29.8 Å². The van der Waals surface area contributed by atoms with Crippen LogP contribution >= 0.6 is 0 Å². The molecule has 2 N–H and O–H groups in total. The molecule has 3 nitrogen and oxygen atoms in total. The van der Waals surface area contributed by atoms with Gasteiger partial charge in [-0.3, -0.25) is 4.99 Å². The maximum Gasteiger partial charge on any atom is 0.124 e. The summed E-state index contributed by atoms with van der Waals surface area (Å²) in [5.41, 5.74) is 0.712. The molecule has 0 aromatic heterocycles. The Balaban J connectivity index is 2.42. The summed E-state index contributed by atoms with van der Waals surface area (Å²) in [6, 6.07) is 7.05. The van der Waals surface area contributed by atoms with Gasteiger partial charge in [-0.2, -0.15) is 0 Å². The van der Waals surface area contributed by atoms with Crippen molar-refractivity contribution in [3.63, 3.8) is 0 Å². The highest BCUT2D eigenvalue weighted by Crippen LogP contribution is 2.12. The van der Waals surface area contributed by atoms with Crippen molar-refractivity contribution >= 4 is 6.21 Å². The molecule has 1 atom stereocenters. The molecule has 0 saturated carbocycles. The minimum atomic E-state index is -0.272. The van der Waals surface area contributed by atoms with Crippen LogP contribution in [0.15, 0.2) is 29.3 Å². The van der Waals surface area contributed by atoms with Crippen LogP contribution in [0.5, 0.6) is 5.75 Å². The van der Waals surface area contributed by atoms with Gasteiger partial charge in [-0.25, -0.2) is 0 Å². The molecular weight excluding hydrogens is 190 g/mol. The van der Waals surface area contributed by atoms with E-state index in [1.165, 1.54) is 0 Å². The minimum absolute atomic E-state index is 0.234. The fourth-order valence-electron chi connectivity index (χ4n) is 1.19. The van der Waals surface area contributed by atoms with E-state index in [1.807, 2.05) is 13.0 Å². The van der Waals surface area contributed by atoms with Crippen LogP contribution in [0.25, 0.3) is 0 Å². The summed E-state index contributed by atoms with van der Waals surface area (Å²) in [6.45, 7) is 2.53. The van der Waals surface area contributed by atoms with Gasteiger partial charge in [-0.05, 0) is 25.0 Å². The third-order valence-corrected chi connectivity index (χ3v) is 2.23. The van der Waals surface area contributed by atoms with E-state index in [4.69, 9.17) is 0 Å². The Hall–Kier alpha value is -1.35. The van der Waals surface area contributed by atoms with Gasteiger partial charge in [0, 0.05) is 18.3 Å². The fraction of sp³-hybridized carbons (Fsp3) is 0.417. The second-order valence-corrected chi connectivity index (χ2v) is 3.44. The number of aliphatic imine (C=N–C) groups is 1. The standard InChI is InChI=1S/C12H17NO2/c1-2-11(14)7-8-13-9-10-5-3-4-6-12(10)15/h3-6,9,11,14-15H,2,7-8H2,1H3. The summed E-state index contributed by atoms with van der Waals surface area (Å²) in [4.78, 5) is 4.15. The number of hydrogen-bond acceptors (Lipinski definition) is 3. The molecule has 0 amide bonds. The summed E-state index contributed by atoms with van der Waals surface area (Å²) in [6.07, 6.45) is 2.79. The molecule has 0 radical (unpaired) electrons. The smallest absolute Gasteiger partial charge is 0.124 e. The van der Waals surface area contributed by atoms with Crippen LogP contribution in [0.1, 0.15) is 25.3 Å². The molecule has 0 spiro atoms. The zero-order chi connectivity index (χ0) is 11.1. The molecule has 1 unspecified atom stereocenters. The average molecular weight is 207 g/mol. The summed E-state index contributed by atoms with van der Waals surface area (Å²) >= 11 is 0. The predicted octanol–water partition coefficient (Wildman–Crippen LogP) is 1.97. The highest BCUT2D eigenvalue weighted by atomic mass is 16.3. The van der Waals surface area contributed by atoms with Crippen LogP contribution in [0, 0.1) is 0 Å². The minimum Gasteiger partial charge on any atom is -0.507 e. The van der Waals surface area contributed by atoms with Gasteiger partial charge in [-0.15, -0.1) is 0 Å². The van der Waals surface area contributed by atoms with E-state index >= 15 is 0 Å². The molecule has 0 aliphatic carbocycles. The zero-order valence-corrected chi connectivity index (χ0v) is 8.93. The van der Waals surface area contributed by atoms with Crippen molar-refractivity contribution in [1.82, 2.24) is 0 Å². The lowest BCUT2D eigenvalue weighted by atomic mass is 10.2. The van der Waals surface area contributed by atoms with Crippen molar-refractivity contribution in [2.75, 3.05) is 6.54 Å². The number of phenols is 1. The number of benzene rings is 1. The molecule has 0 heterocycles. The number of phenolic OH excluding ortho intramolecular Hbond substituents is 1. The number of aliphatic hydroxyl groups excluding tert-OH is 1. The van der Waals surface area contributed by atoms with E-state index in [1.54, 1.807) is 24.4 Å². The second kappa shape index (κ2) is 6.19. The highest BCUT2D eigenvalue weighted by molar-refractivity contribution is 5.83. The summed E-state index contributed by atoms with van der Waals surface area (Å²) in [5, 5.41) is 18.7. The van der Waals surface area contributed by atoms with Crippen LogP contribution in [0.2, 0.25) is 0 Å². The molecule has 0 bridgehead atoms. The van der Waals surface area contributed by atoms with E-state index < -0.39 is 0 Å². The highest BCUT2D eigenvalue weighted by Gasteiger charge is 1.98. The van der Waals surface area contributed by atoms with Gasteiger partial charge in [0.25, 0.3) is 0 Å². The molecule has 3 heteroatoms. The zero-order valence-electron chi connectivity index (χ0n) is 8.93. The van der Waals surface area contributed by atoms with Gasteiger partial charge in [0.05, 0.1) is 6.10 Å². The molecule has 15 heavy (non-hydrogen) atoms. The van der Waals surface area contributed by atoms with Crippen LogP contribution in [-0.2, 0) is 0 Å². The first-order valence-electron chi connectivity index (χ1n) is 5.20. The van der Waals surface area contributed by atoms with E-state index in [0.717, 1.165) is 6.42 Å². The van der Waals surface area contributed by atoms with E-state index in [-0.39, 0.29) is 11.9 Å². The molecule has 1 aromatic rings. The predicted molar refractivity (Wildman–Crippen MR) is 61.5 cm³/mol. The van der Waals surface area contributed by atoms with Crippen molar-refractivity contribution < 1.29 is 10.2 Å². The Morgan fingerprint density at radius 3 is 2.80 bits per heavy atom. The quantitative estimate of drug-likeness (QED) is 0.725. The summed E-state index contributed by atoms with van der Waals surface area (Å²) in [7, 11) is 0. The molecule has 0 aliphatic heterocycles. The normalized spacial score (nSPS) is 13.2. The maximum atomic E-state index is 9.42. The Kier molecular flexibility index (Phi) is 4.84. The van der Waals surface area contributed by atoms with Crippen molar-refractivity contribution in [2.24, 2.45) is 4.99 Å². The summed E-state index contributed by atoms with van der Waals surface area (Å²) in [5.74, 6) is 0.234. The van der Waals surface area contributed by atoms with E-state index in [2.05, 4.69) is 4.99 Å². The van der Waals surface area contributed by atoms with Gasteiger partial charge in [0.15, 0.2) is 0 Å². The van der Waals surface area contributed by atoms with Crippen LogP contribution in [0.4, 0.5) is 0 Å². The SMILES string of the molecule is CCC(O)CCN=Cc1ccccc1O. The number of rotatable bonds is 5. The molecule has 1 rings (SSSR count). The number of aliphatic hydroxyl groups is 1. The Morgan fingerprint density at radius 1 is 1.40 bits per heavy atom. The first kappa shape index (κ1) is 11.7. The number of nitrogens with zero attached hydrogens (tertiary/aromatic N) is 1. The van der Waals surface area contributed by atoms with Crippen LogP contribution < -0.4 is 0 Å². The van der Waals surface area contributed by atoms with Gasteiger partial charge in [-0.1, -0.05) is 19.1 Å². The fourth-order valence-corrected chi connectivity index (χ4v) is 1.19. The first-order chi connectivity index (χ1) is 7.24. The van der Waals surface area contributed by atoms with Crippen molar-refractivity contribution in [3.8, 4) is 5.75 Å². The van der Waals surface area contributed by atoms with Crippen LogP contribution in [0.3, 0.4) is 0 Å². The Morgan fingerprint density at radius 2 is 2.13 bits per heavy atom. The van der Waals surface area contributed by atoms with Crippen molar-refractivity contribution in [2.45, 2.75) is 25.9 Å². The number of para-hydroxylation sites is 1. The number of hydrogen-bond donors (Lipinski definition) is 2. The van der Waals surface area contributed by atoms with Crippen molar-refractivity contribution in [1.29, 1.82) is 0 Å². The molecule has 82 valence electrons. The second-order valence-electron chi connectivity index (χ2n) is 3.44. The van der Waals surface area contributed by atoms with Gasteiger partial charge in [0.1, 0.15) is 5.75 Å². The Labute approximate surface area is 90.1 Å². The van der Waals surface area contributed by atoms with Gasteiger partial charge in [0.2, 0.25) is 0 Å². The van der Waals surface area contributed by atoms with Crippen LogP contribution in [-0.4, -0.2) is 29.1 Å². The third kappa shape index (κ3) is 4.13. The van der Waals surface area contributed by atoms with E-state index in [9.17, 15) is 10.2 Å². The number of aromatic hydroxyl groups is 1. The lowest BCUT2D eigenvalue weighted by Gasteiger charge is -2.03. The molecule has 0 fully saturated rings. The third-order valence-electron chi connectivity index (χ3n) is 2.23. The molecule has 0 aliphatic rings. The lowest BCUT2D eigenvalue weighted by Crippen LogP contribution is -2.05. The monoisotopic (exact) mass is 207 g/mol. The maximum absolute atomic E-state index is 9.42. The van der Waals surface area contributed by atoms with E-state index in [0.29, 0.717) is 18.5 Å². The first-order valence-corrected chi connectivity index (χ1v) is 5.20. The average Bonchev–Trinajstić information content (AvgIpc) is 2.26. The lowest BCUT2D eigenvalue weighted by molar-refractivity contribution is 0.163. The molecular formula is C12H17NO2. The summed E-state index contributed by atoms with van der Waals surface area (Å²) < 4.78 is 0. The Bertz CT molecular complexity index is 323. The van der Waals surface area contributed by atoms with Gasteiger partial charge < -0.3 is 10.2 Å². The van der Waals surface area contributed by atoms with Gasteiger partial charge >= 0.3 is 0 Å².